The van der Waals surface area contributed by atoms with Gasteiger partial charge in [-0.15, -0.1) is 11.3 Å². The number of carbonyl (C=O) groups is 1. The Labute approximate surface area is 130 Å². The van der Waals surface area contributed by atoms with Crippen LogP contribution in [0.15, 0.2) is 16.3 Å². The molecule has 0 saturated heterocycles. The van der Waals surface area contributed by atoms with Gasteiger partial charge in [-0.1, -0.05) is 27.7 Å². The SMILES string of the molecule is COC(=O)c1sccc1S(=O)(=O)NCC(C(C)C)C(C)C. The number of carbonyl (C=O) groups excluding carboxylic acids is 1. The molecular formula is C14H23NO4S2. The third kappa shape index (κ3) is 4.52. The van der Waals surface area contributed by atoms with Crippen molar-refractivity contribution in [3.63, 3.8) is 0 Å². The maximum absolute atomic E-state index is 12.4. The Bertz CT molecular complexity index is 568. The number of hydrogen-bond acceptors (Lipinski definition) is 5. The summed E-state index contributed by atoms with van der Waals surface area (Å²) in [6.07, 6.45) is 0. The molecule has 1 N–H and O–H groups in total. The molecule has 0 aliphatic rings. The van der Waals surface area contributed by atoms with Crippen LogP contribution in [-0.4, -0.2) is 28.0 Å². The lowest BCUT2D eigenvalue weighted by atomic mass is 9.86. The molecule has 0 aromatic carbocycles. The van der Waals surface area contributed by atoms with Crippen LogP contribution < -0.4 is 4.72 Å². The fraction of sp³-hybridized carbons (Fsp3) is 0.643. The van der Waals surface area contributed by atoms with Crippen LogP contribution in [0, 0.1) is 17.8 Å². The molecule has 120 valence electrons. The Kier molecular flexibility index (Phi) is 6.37. The highest BCUT2D eigenvalue weighted by Gasteiger charge is 2.26. The van der Waals surface area contributed by atoms with Gasteiger partial charge in [-0.3, -0.25) is 0 Å². The van der Waals surface area contributed by atoms with Crippen molar-refractivity contribution in [3.05, 3.63) is 16.3 Å². The smallest absolute Gasteiger partial charge is 0.349 e. The van der Waals surface area contributed by atoms with Crippen LogP contribution in [0.5, 0.6) is 0 Å². The van der Waals surface area contributed by atoms with E-state index in [2.05, 4.69) is 37.2 Å². The third-order valence-electron chi connectivity index (χ3n) is 3.51. The minimum absolute atomic E-state index is 0.00869. The largest absolute Gasteiger partial charge is 0.465 e. The van der Waals surface area contributed by atoms with E-state index in [0.717, 1.165) is 11.3 Å². The molecule has 1 heterocycles. The molecule has 0 fully saturated rings. The minimum Gasteiger partial charge on any atom is -0.465 e. The first kappa shape index (κ1) is 18.1. The normalized spacial score (nSPS) is 12.4. The lowest BCUT2D eigenvalue weighted by Gasteiger charge is -2.24. The molecule has 0 unspecified atom stereocenters. The quantitative estimate of drug-likeness (QED) is 0.779. The molecule has 21 heavy (non-hydrogen) atoms. The van der Waals surface area contributed by atoms with Crippen LogP contribution in [0.25, 0.3) is 0 Å². The number of thiophene rings is 1. The van der Waals surface area contributed by atoms with Crippen LogP contribution in [0.3, 0.4) is 0 Å². The molecule has 0 saturated carbocycles. The van der Waals surface area contributed by atoms with E-state index in [1.54, 1.807) is 5.38 Å². The van der Waals surface area contributed by atoms with Crippen molar-refractivity contribution >= 4 is 27.3 Å². The molecule has 7 heteroatoms. The summed E-state index contributed by atoms with van der Waals surface area (Å²) in [7, 11) is -2.47. The molecule has 0 aliphatic carbocycles. The summed E-state index contributed by atoms with van der Waals surface area (Å²) in [5.74, 6) is 0.347. The van der Waals surface area contributed by atoms with Gasteiger partial charge in [0.25, 0.3) is 0 Å². The number of esters is 1. The maximum atomic E-state index is 12.4. The summed E-state index contributed by atoms with van der Waals surface area (Å²) >= 11 is 1.06. The summed E-state index contributed by atoms with van der Waals surface area (Å²) in [5.41, 5.74) is 0. The van der Waals surface area contributed by atoms with Gasteiger partial charge in [0.05, 0.1) is 7.11 Å². The van der Waals surface area contributed by atoms with Crippen molar-refractivity contribution in [2.24, 2.45) is 17.8 Å². The van der Waals surface area contributed by atoms with E-state index in [1.807, 2.05) is 0 Å². The minimum atomic E-state index is -3.71. The number of rotatable bonds is 7. The Morgan fingerprint density at radius 2 is 1.86 bits per heavy atom. The van der Waals surface area contributed by atoms with Crippen LogP contribution in [0.4, 0.5) is 0 Å². The van der Waals surface area contributed by atoms with Crippen molar-refractivity contribution in [1.82, 2.24) is 4.72 Å². The maximum Gasteiger partial charge on any atom is 0.349 e. The molecular weight excluding hydrogens is 310 g/mol. The Morgan fingerprint density at radius 3 is 2.33 bits per heavy atom. The predicted molar refractivity (Wildman–Crippen MR) is 84.0 cm³/mol. The molecule has 0 aliphatic heterocycles. The van der Waals surface area contributed by atoms with Gasteiger partial charge in [0.15, 0.2) is 0 Å². The Morgan fingerprint density at radius 1 is 1.29 bits per heavy atom. The van der Waals surface area contributed by atoms with Gasteiger partial charge in [0, 0.05) is 6.54 Å². The summed E-state index contributed by atoms with van der Waals surface area (Å²) in [6, 6.07) is 1.43. The van der Waals surface area contributed by atoms with E-state index in [0.29, 0.717) is 18.4 Å². The van der Waals surface area contributed by atoms with Crippen LogP contribution >= 0.6 is 11.3 Å². The zero-order valence-electron chi connectivity index (χ0n) is 13.0. The van der Waals surface area contributed by atoms with E-state index in [9.17, 15) is 13.2 Å². The highest BCUT2D eigenvalue weighted by atomic mass is 32.2. The van der Waals surface area contributed by atoms with Crippen molar-refractivity contribution in [3.8, 4) is 0 Å². The van der Waals surface area contributed by atoms with E-state index in [1.165, 1.54) is 13.2 Å². The van der Waals surface area contributed by atoms with Crippen molar-refractivity contribution in [2.75, 3.05) is 13.7 Å². The van der Waals surface area contributed by atoms with Gasteiger partial charge in [-0.2, -0.15) is 0 Å². The average molecular weight is 333 g/mol. The lowest BCUT2D eigenvalue weighted by molar-refractivity contribution is 0.0602. The van der Waals surface area contributed by atoms with Gasteiger partial charge in [-0.05, 0) is 29.2 Å². The summed E-state index contributed by atoms with van der Waals surface area (Å²) in [5, 5.41) is 1.57. The number of nitrogens with one attached hydrogen (secondary N) is 1. The first-order chi connectivity index (χ1) is 9.70. The summed E-state index contributed by atoms with van der Waals surface area (Å²) < 4.78 is 32.0. The van der Waals surface area contributed by atoms with E-state index in [-0.39, 0.29) is 15.7 Å². The molecule has 5 nitrogen and oxygen atoms in total. The van der Waals surface area contributed by atoms with Crippen LogP contribution in [0.1, 0.15) is 37.4 Å². The van der Waals surface area contributed by atoms with Crippen LogP contribution in [0.2, 0.25) is 0 Å². The van der Waals surface area contributed by atoms with E-state index >= 15 is 0 Å². The molecule has 1 rings (SSSR count). The number of hydrogen-bond donors (Lipinski definition) is 1. The number of methoxy groups -OCH3 is 1. The third-order valence-corrected chi connectivity index (χ3v) is 6.00. The fourth-order valence-corrected chi connectivity index (χ4v) is 4.68. The first-order valence-electron chi connectivity index (χ1n) is 6.86. The second-order valence-corrected chi connectivity index (χ2v) is 8.26. The standard InChI is InChI=1S/C14H23NO4S2/c1-9(2)11(10(3)4)8-15-21(17,18)12-6-7-20-13(12)14(16)19-5/h6-7,9-11,15H,8H2,1-5H3. The van der Waals surface area contributed by atoms with Crippen LogP contribution in [-0.2, 0) is 14.8 Å². The molecule has 0 radical (unpaired) electrons. The van der Waals surface area contributed by atoms with E-state index < -0.39 is 16.0 Å². The Hall–Kier alpha value is -0.920. The van der Waals surface area contributed by atoms with Crippen molar-refractivity contribution < 1.29 is 17.9 Å². The average Bonchev–Trinajstić information content (AvgIpc) is 2.86. The zero-order valence-corrected chi connectivity index (χ0v) is 14.7. The van der Waals surface area contributed by atoms with Gasteiger partial charge in [0.2, 0.25) is 10.0 Å². The molecule has 1 aromatic rings. The van der Waals surface area contributed by atoms with Gasteiger partial charge in [0.1, 0.15) is 9.77 Å². The van der Waals surface area contributed by atoms with Gasteiger partial charge in [-0.25, -0.2) is 17.9 Å². The molecule has 0 bridgehead atoms. The number of sulfonamides is 1. The predicted octanol–water partition coefficient (Wildman–Crippen LogP) is 2.74. The molecule has 0 amide bonds. The number of ether oxygens (including phenoxy) is 1. The van der Waals surface area contributed by atoms with Crippen molar-refractivity contribution in [1.29, 1.82) is 0 Å². The van der Waals surface area contributed by atoms with Gasteiger partial charge >= 0.3 is 5.97 Å². The fourth-order valence-electron chi connectivity index (χ4n) is 2.28. The van der Waals surface area contributed by atoms with Crippen molar-refractivity contribution in [2.45, 2.75) is 32.6 Å². The topological polar surface area (TPSA) is 72.5 Å². The Balaban J connectivity index is 2.93. The lowest BCUT2D eigenvalue weighted by Crippen LogP contribution is -2.34. The van der Waals surface area contributed by atoms with E-state index in [4.69, 9.17) is 0 Å². The first-order valence-corrected chi connectivity index (χ1v) is 9.22. The second-order valence-electron chi connectivity index (χ2n) is 5.61. The second kappa shape index (κ2) is 7.38. The zero-order chi connectivity index (χ0) is 16.2. The monoisotopic (exact) mass is 333 g/mol. The van der Waals surface area contributed by atoms with Gasteiger partial charge < -0.3 is 4.74 Å². The highest BCUT2D eigenvalue weighted by Crippen LogP contribution is 2.24. The summed E-state index contributed by atoms with van der Waals surface area (Å²) in [4.78, 5) is 11.7. The molecule has 0 spiro atoms. The molecule has 0 atom stereocenters. The highest BCUT2D eigenvalue weighted by molar-refractivity contribution is 7.89. The molecule has 1 aromatic heterocycles. The summed E-state index contributed by atoms with van der Waals surface area (Å²) in [6.45, 7) is 8.65.